The number of rotatable bonds is 4. The molecule has 0 saturated carbocycles. The lowest BCUT2D eigenvalue weighted by molar-refractivity contribution is -0.119. The van der Waals surface area contributed by atoms with E-state index in [4.69, 9.17) is 18.9 Å². The van der Waals surface area contributed by atoms with Crippen molar-refractivity contribution in [3.63, 3.8) is 0 Å². The maximum absolute atomic E-state index is 5.64. The highest BCUT2D eigenvalue weighted by atomic mass is 79.9. The number of halogens is 1. The maximum Gasteiger partial charge on any atom is 0.244 e. The highest BCUT2D eigenvalue weighted by Crippen LogP contribution is 2.31. The minimum Gasteiger partial charge on any atom is -0.493 e. The van der Waals surface area contributed by atoms with Gasteiger partial charge >= 0.3 is 0 Å². The minimum atomic E-state index is -0.609. The van der Waals surface area contributed by atoms with Gasteiger partial charge in [-0.2, -0.15) is 0 Å². The molecule has 98 valence electrons. The van der Waals surface area contributed by atoms with Crippen molar-refractivity contribution in [3.8, 4) is 11.5 Å². The Kier molecular flexibility index (Phi) is 3.71. The zero-order valence-electron chi connectivity index (χ0n) is 10.5. The molecule has 2 rings (SSSR count). The predicted octanol–water partition coefficient (Wildman–Crippen LogP) is 3.46. The molecule has 0 spiro atoms. The molecule has 4 nitrogen and oxygen atoms in total. The summed E-state index contributed by atoms with van der Waals surface area (Å²) in [6.07, 6.45) is 1.57. The minimum absolute atomic E-state index is 0.307. The van der Waals surface area contributed by atoms with E-state index < -0.39 is 5.79 Å². The van der Waals surface area contributed by atoms with Gasteiger partial charge in [0, 0.05) is 18.3 Å². The molecule has 5 heteroatoms. The molecule has 1 aliphatic heterocycles. The van der Waals surface area contributed by atoms with Crippen LogP contribution in [0.25, 0.3) is 0 Å². The first-order valence-electron chi connectivity index (χ1n) is 5.52. The molecule has 0 radical (unpaired) electrons. The van der Waals surface area contributed by atoms with Crippen molar-refractivity contribution in [1.82, 2.24) is 0 Å². The van der Waals surface area contributed by atoms with Crippen molar-refractivity contribution in [2.45, 2.75) is 19.6 Å². The normalized spacial score (nSPS) is 16.6. The van der Waals surface area contributed by atoms with E-state index in [2.05, 4.69) is 15.9 Å². The van der Waals surface area contributed by atoms with Crippen molar-refractivity contribution in [2.75, 3.05) is 13.7 Å². The second kappa shape index (κ2) is 5.10. The Labute approximate surface area is 115 Å². The van der Waals surface area contributed by atoms with Gasteiger partial charge in [-0.1, -0.05) is 15.9 Å². The van der Waals surface area contributed by atoms with E-state index in [9.17, 15) is 0 Å². The zero-order valence-corrected chi connectivity index (χ0v) is 12.1. The van der Waals surface area contributed by atoms with Crippen LogP contribution in [0.2, 0.25) is 0 Å². The summed E-state index contributed by atoms with van der Waals surface area (Å²) >= 11 is 3.38. The van der Waals surface area contributed by atoms with Crippen molar-refractivity contribution in [3.05, 3.63) is 34.7 Å². The molecule has 18 heavy (non-hydrogen) atoms. The topological polar surface area (TPSA) is 36.9 Å². The van der Waals surface area contributed by atoms with E-state index in [1.54, 1.807) is 13.4 Å². The second-order valence-electron chi connectivity index (χ2n) is 4.29. The molecule has 0 amide bonds. The number of ether oxygens (including phenoxy) is 4. The Hall–Kier alpha value is -1.36. The summed E-state index contributed by atoms with van der Waals surface area (Å²) in [4.78, 5) is 0. The monoisotopic (exact) mass is 314 g/mol. The molecule has 0 unspecified atom stereocenters. The molecular weight excluding hydrogens is 300 g/mol. The fourth-order valence-electron chi connectivity index (χ4n) is 1.54. The van der Waals surface area contributed by atoms with Crippen LogP contribution in [0.4, 0.5) is 0 Å². The molecule has 1 aromatic carbocycles. The largest absolute Gasteiger partial charge is 0.493 e. The maximum atomic E-state index is 5.64. The zero-order chi connectivity index (χ0) is 13.2. The first-order valence-corrected chi connectivity index (χ1v) is 6.32. The lowest BCUT2D eigenvalue weighted by Gasteiger charge is -2.18. The summed E-state index contributed by atoms with van der Waals surface area (Å²) in [7, 11) is 1.60. The van der Waals surface area contributed by atoms with Crippen LogP contribution < -0.4 is 9.47 Å². The summed E-state index contributed by atoms with van der Waals surface area (Å²) in [6.45, 7) is 3.99. The van der Waals surface area contributed by atoms with Gasteiger partial charge in [-0.15, -0.1) is 0 Å². The molecule has 0 atom stereocenters. The quantitative estimate of drug-likeness (QED) is 0.853. The average Bonchev–Trinajstić information content (AvgIpc) is 2.67. The number of benzene rings is 1. The Morgan fingerprint density at radius 1 is 1.28 bits per heavy atom. The highest BCUT2D eigenvalue weighted by Gasteiger charge is 2.27. The van der Waals surface area contributed by atoms with Gasteiger partial charge in [0.1, 0.15) is 12.9 Å². The third-order valence-electron chi connectivity index (χ3n) is 2.35. The second-order valence-corrected chi connectivity index (χ2v) is 5.20. The van der Waals surface area contributed by atoms with Crippen molar-refractivity contribution < 1.29 is 18.9 Å². The van der Waals surface area contributed by atoms with E-state index in [1.165, 1.54) is 0 Å². The van der Waals surface area contributed by atoms with Gasteiger partial charge in [0.25, 0.3) is 0 Å². The van der Waals surface area contributed by atoms with Crippen LogP contribution in [0, 0.1) is 0 Å². The SMILES string of the molecule is COc1cc(Br)ccc1OCC1=COC(C)(C)O1. The molecule has 1 aromatic rings. The van der Waals surface area contributed by atoms with Gasteiger partial charge in [-0.05, 0) is 18.2 Å². The Morgan fingerprint density at radius 2 is 2.06 bits per heavy atom. The summed E-state index contributed by atoms with van der Waals surface area (Å²) in [5.41, 5.74) is 0. The molecule has 0 aromatic heterocycles. The average molecular weight is 315 g/mol. The number of hydrogen-bond donors (Lipinski definition) is 0. The summed E-state index contributed by atoms with van der Waals surface area (Å²) in [6, 6.07) is 5.58. The molecular formula is C13H15BrO4. The molecule has 0 saturated heterocycles. The fraction of sp³-hybridized carbons (Fsp3) is 0.385. The van der Waals surface area contributed by atoms with Gasteiger partial charge in [-0.25, -0.2) is 0 Å². The Morgan fingerprint density at radius 3 is 2.67 bits per heavy atom. The van der Waals surface area contributed by atoms with Gasteiger partial charge in [-0.3, -0.25) is 0 Å². The third kappa shape index (κ3) is 3.10. The number of hydrogen-bond acceptors (Lipinski definition) is 4. The van der Waals surface area contributed by atoms with Gasteiger partial charge in [0.05, 0.1) is 7.11 Å². The molecule has 0 aliphatic carbocycles. The fourth-order valence-corrected chi connectivity index (χ4v) is 1.88. The summed E-state index contributed by atoms with van der Waals surface area (Å²) in [5.74, 6) is 1.38. The van der Waals surface area contributed by atoms with E-state index in [0.29, 0.717) is 23.9 Å². The van der Waals surface area contributed by atoms with Crippen LogP contribution in [0.3, 0.4) is 0 Å². The first-order chi connectivity index (χ1) is 8.50. The standard InChI is InChI=1S/C13H15BrO4/c1-13(2)17-8-10(18-13)7-16-11-5-4-9(14)6-12(11)15-3/h4-6,8H,7H2,1-3H3. The molecule has 0 fully saturated rings. The first kappa shape index (κ1) is 13.1. The van der Waals surface area contributed by atoms with Crippen molar-refractivity contribution in [2.24, 2.45) is 0 Å². The van der Waals surface area contributed by atoms with E-state index in [0.717, 1.165) is 4.47 Å². The van der Waals surface area contributed by atoms with Crippen molar-refractivity contribution in [1.29, 1.82) is 0 Å². The Balaban J connectivity index is 1.99. The van der Waals surface area contributed by atoms with Crippen LogP contribution in [0.15, 0.2) is 34.7 Å². The van der Waals surface area contributed by atoms with Crippen molar-refractivity contribution >= 4 is 15.9 Å². The van der Waals surface area contributed by atoms with Crippen LogP contribution in [0.1, 0.15) is 13.8 Å². The third-order valence-corrected chi connectivity index (χ3v) is 2.84. The van der Waals surface area contributed by atoms with Crippen LogP contribution in [-0.4, -0.2) is 19.5 Å². The molecule has 1 aliphatic rings. The van der Waals surface area contributed by atoms with Crippen LogP contribution in [-0.2, 0) is 9.47 Å². The Bertz CT molecular complexity index is 468. The van der Waals surface area contributed by atoms with E-state index in [-0.39, 0.29) is 0 Å². The predicted molar refractivity (Wildman–Crippen MR) is 70.5 cm³/mol. The molecule has 0 N–H and O–H groups in total. The van der Waals surface area contributed by atoms with E-state index in [1.807, 2.05) is 32.0 Å². The van der Waals surface area contributed by atoms with Gasteiger partial charge in [0.2, 0.25) is 5.79 Å². The summed E-state index contributed by atoms with van der Waals surface area (Å²) < 4.78 is 22.7. The number of methoxy groups -OCH3 is 1. The van der Waals surface area contributed by atoms with Gasteiger partial charge in [0.15, 0.2) is 17.3 Å². The smallest absolute Gasteiger partial charge is 0.244 e. The lowest BCUT2D eigenvalue weighted by atomic mass is 10.3. The lowest BCUT2D eigenvalue weighted by Crippen LogP contribution is -2.21. The van der Waals surface area contributed by atoms with Crippen LogP contribution >= 0.6 is 15.9 Å². The van der Waals surface area contributed by atoms with Gasteiger partial charge < -0.3 is 18.9 Å². The van der Waals surface area contributed by atoms with Crippen LogP contribution in [0.5, 0.6) is 11.5 Å². The highest BCUT2D eigenvalue weighted by molar-refractivity contribution is 9.10. The molecule has 1 heterocycles. The molecule has 0 bridgehead atoms. The summed E-state index contributed by atoms with van der Waals surface area (Å²) in [5, 5.41) is 0. The van der Waals surface area contributed by atoms with E-state index >= 15 is 0 Å².